The quantitative estimate of drug-likeness (QED) is 0.230. The third-order valence-electron chi connectivity index (χ3n) is 6.94. The zero-order chi connectivity index (χ0) is 24.2. The van der Waals surface area contributed by atoms with Crippen LogP contribution in [0.1, 0.15) is 0 Å². The van der Waals surface area contributed by atoms with Gasteiger partial charge in [0.2, 0.25) is 5.69 Å². The highest BCUT2D eigenvalue weighted by Gasteiger charge is 2.20. The molecular formula is C32H18N4. The van der Waals surface area contributed by atoms with E-state index in [4.69, 9.17) is 13.1 Å². The lowest BCUT2D eigenvalue weighted by atomic mass is 10.1. The van der Waals surface area contributed by atoms with Gasteiger partial charge in [0.25, 0.3) is 0 Å². The largest absolute Gasteiger partial charge is 0.317 e. The summed E-state index contributed by atoms with van der Waals surface area (Å²) in [4.78, 5) is 7.52. The molecule has 2 aromatic heterocycles. The number of benzene rings is 5. The van der Waals surface area contributed by atoms with Gasteiger partial charge < -0.3 is 9.13 Å². The summed E-state index contributed by atoms with van der Waals surface area (Å²) in [5.41, 5.74) is 7.29. The van der Waals surface area contributed by atoms with Crippen LogP contribution in [-0.2, 0) is 0 Å². The zero-order valence-electron chi connectivity index (χ0n) is 19.2. The van der Waals surface area contributed by atoms with Crippen molar-refractivity contribution in [3.8, 4) is 11.4 Å². The highest BCUT2D eigenvalue weighted by molar-refractivity contribution is 6.15. The van der Waals surface area contributed by atoms with Gasteiger partial charge in [-0.15, -0.1) is 0 Å². The van der Waals surface area contributed by atoms with Gasteiger partial charge in [0, 0.05) is 16.2 Å². The van der Waals surface area contributed by atoms with Crippen LogP contribution in [0.15, 0.2) is 109 Å². The van der Waals surface area contributed by atoms with Crippen LogP contribution in [0.5, 0.6) is 0 Å². The number of aromatic nitrogens is 2. The molecule has 0 aliphatic carbocycles. The summed E-state index contributed by atoms with van der Waals surface area (Å²) in [6.07, 6.45) is 0. The van der Waals surface area contributed by atoms with Crippen molar-refractivity contribution >= 4 is 55.0 Å². The Kier molecular flexibility index (Phi) is 4.24. The van der Waals surface area contributed by atoms with Gasteiger partial charge in [-0.2, -0.15) is 0 Å². The average Bonchev–Trinajstić information content (AvgIpc) is 3.45. The van der Waals surface area contributed by atoms with E-state index in [-0.39, 0.29) is 0 Å². The van der Waals surface area contributed by atoms with Crippen molar-refractivity contribution in [2.45, 2.75) is 0 Å². The fraction of sp³-hybridized carbons (Fsp3) is 0. The van der Waals surface area contributed by atoms with Gasteiger partial charge in [-0.1, -0.05) is 72.8 Å². The van der Waals surface area contributed by atoms with Gasteiger partial charge in [0.05, 0.1) is 46.6 Å². The van der Waals surface area contributed by atoms with Crippen molar-refractivity contribution < 1.29 is 0 Å². The van der Waals surface area contributed by atoms with E-state index in [1.165, 1.54) is 10.8 Å². The van der Waals surface area contributed by atoms with Crippen LogP contribution in [-0.4, -0.2) is 9.13 Å². The Morgan fingerprint density at radius 1 is 0.472 bits per heavy atom. The Bertz CT molecular complexity index is 2020. The molecule has 0 radical (unpaired) electrons. The smallest absolute Gasteiger partial charge is 0.210 e. The molecule has 0 N–H and O–H groups in total. The van der Waals surface area contributed by atoms with Crippen LogP contribution < -0.4 is 0 Å². The second kappa shape index (κ2) is 7.60. The van der Waals surface area contributed by atoms with E-state index in [0.717, 1.165) is 44.2 Å². The molecular weight excluding hydrogens is 440 g/mol. The van der Waals surface area contributed by atoms with Crippen LogP contribution in [0.4, 0.5) is 11.4 Å². The van der Waals surface area contributed by atoms with Crippen LogP contribution >= 0.6 is 0 Å². The number of hydrogen-bond acceptors (Lipinski definition) is 0. The first-order valence-electron chi connectivity index (χ1n) is 11.7. The predicted molar refractivity (Wildman–Crippen MR) is 148 cm³/mol. The minimum absolute atomic E-state index is 0.586. The minimum atomic E-state index is 0.586. The molecule has 5 aromatic carbocycles. The van der Waals surface area contributed by atoms with Crippen molar-refractivity contribution in [2.75, 3.05) is 0 Å². The van der Waals surface area contributed by atoms with E-state index >= 15 is 0 Å². The van der Waals surface area contributed by atoms with E-state index in [1.54, 1.807) is 0 Å². The van der Waals surface area contributed by atoms with E-state index in [9.17, 15) is 0 Å². The molecule has 0 amide bonds. The second-order valence-electron chi connectivity index (χ2n) is 8.79. The standard InChI is InChI=1S/C32H18N4/c1-33-21-18-19-29-25(20-21)24-12-9-17-31(32(24)36(29)30-16-8-5-13-26(30)34-2)35-27-14-6-3-10-22(27)23-11-4-7-15-28(23)35/h3-20H. The fourth-order valence-corrected chi connectivity index (χ4v) is 5.47. The summed E-state index contributed by atoms with van der Waals surface area (Å²) in [6, 6.07) is 36.8. The van der Waals surface area contributed by atoms with Crippen molar-refractivity contribution in [3.63, 3.8) is 0 Å². The molecule has 166 valence electrons. The monoisotopic (exact) mass is 458 g/mol. The topological polar surface area (TPSA) is 18.6 Å². The first-order chi connectivity index (χ1) is 17.8. The molecule has 2 heterocycles. The Morgan fingerprint density at radius 3 is 1.81 bits per heavy atom. The predicted octanol–water partition coefficient (Wildman–Crippen LogP) is 8.98. The normalized spacial score (nSPS) is 11.3. The van der Waals surface area contributed by atoms with E-state index < -0.39 is 0 Å². The van der Waals surface area contributed by atoms with Crippen molar-refractivity contribution in [3.05, 3.63) is 132 Å². The molecule has 0 fully saturated rings. The summed E-state index contributed by atoms with van der Waals surface area (Å²) >= 11 is 0. The maximum Gasteiger partial charge on any atom is 0.210 e. The molecule has 7 aromatic rings. The summed E-state index contributed by atoms with van der Waals surface area (Å²) in [5, 5.41) is 4.45. The summed E-state index contributed by atoms with van der Waals surface area (Å²) < 4.78 is 4.50. The number of hydrogen-bond donors (Lipinski definition) is 0. The van der Waals surface area contributed by atoms with Gasteiger partial charge in [0.15, 0.2) is 5.69 Å². The Labute approximate surface area is 207 Å². The molecule has 0 spiro atoms. The molecule has 0 saturated heterocycles. The second-order valence-corrected chi connectivity index (χ2v) is 8.79. The van der Waals surface area contributed by atoms with E-state index in [0.29, 0.717) is 11.4 Å². The van der Waals surface area contributed by atoms with E-state index in [2.05, 4.69) is 85.6 Å². The molecule has 0 bridgehead atoms. The zero-order valence-corrected chi connectivity index (χ0v) is 19.2. The first kappa shape index (κ1) is 20.1. The minimum Gasteiger partial charge on any atom is -0.317 e. The maximum atomic E-state index is 7.84. The maximum absolute atomic E-state index is 7.84. The molecule has 4 nitrogen and oxygen atoms in total. The molecule has 0 aliphatic rings. The molecule has 4 heteroatoms. The van der Waals surface area contributed by atoms with Crippen LogP contribution in [0, 0.1) is 13.1 Å². The average molecular weight is 459 g/mol. The van der Waals surface area contributed by atoms with Crippen LogP contribution in [0.25, 0.3) is 64.7 Å². The highest BCUT2D eigenvalue weighted by Crippen LogP contribution is 2.41. The molecule has 0 unspecified atom stereocenters. The number of rotatable bonds is 2. The SMILES string of the molecule is [C-]#[N+]c1ccc2c(c1)c1cccc(-n3c4ccccc4c4ccccc43)c1n2-c1ccccc1[N+]#[C-]. The third kappa shape index (κ3) is 2.67. The van der Waals surface area contributed by atoms with Gasteiger partial charge in [0.1, 0.15) is 0 Å². The lowest BCUT2D eigenvalue weighted by molar-refractivity contribution is 1.13. The Morgan fingerprint density at radius 2 is 1.08 bits per heavy atom. The fourth-order valence-electron chi connectivity index (χ4n) is 5.47. The van der Waals surface area contributed by atoms with Crippen LogP contribution in [0.3, 0.4) is 0 Å². The molecule has 7 rings (SSSR count). The lowest BCUT2D eigenvalue weighted by Crippen LogP contribution is -2.00. The summed E-state index contributed by atoms with van der Waals surface area (Å²) in [5.74, 6) is 0. The van der Waals surface area contributed by atoms with Crippen molar-refractivity contribution in [1.82, 2.24) is 9.13 Å². The Balaban J connectivity index is 1.74. The van der Waals surface area contributed by atoms with Crippen molar-refractivity contribution in [1.29, 1.82) is 0 Å². The van der Waals surface area contributed by atoms with Gasteiger partial charge in [-0.25, -0.2) is 9.69 Å². The van der Waals surface area contributed by atoms with E-state index in [1.807, 2.05) is 42.5 Å². The van der Waals surface area contributed by atoms with Crippen LogP contribution in [0.2, 0.25) is 0 Å². The lowest BCUT2D eigenvalue weighted by Gasteiger charge is -2.15. The summed E-state index contributed by atoms with van der Waals surface area (Å²) in [6.45, 7) is 15.4. The first-order valence-corrected chi connectivity index (χ1v) is 11.7. The third-order valence-corrected chi connectivity index (χ3v) is 6.94. The number of fused-ring (bicyclic) bond motifs is 6. The van der Waals surface area contributed by atoms with Crippen molar-refractivity contribution in [2.24, 2.45) is 0 Å². The Hall–Kier alpha value is -5.32. The summed E-state index contributed by atoms with van der Waals surface area (Å²) in [7, 11) is 0. The highest BCUT2D eigenvalue weighted by atomic mass is 15.1. The van der Waals surface area contributed by atoms with Gasteiger partial charge in [-0.3, -0.25) is 0 Å². The van der Waals surface area contributed by atoms with Gasteiger partial charge >= 0.3 is 0 Å². The molecule has 0 saturated carbocycles. The molecule has 36 heavy (non-hydrogen) atoms. The number of para-hydroxylation sites is 5. The number of nitrogens with zero attached hydrogens (tertiary/aromatic N) is 4. The molecule has 0 atom stereocenters. The molecule has 0 aliphatic heterocycles. The van der Waals surface area contributed by atoms with Gasteiger partial charge in [-0.05, 0) is 41.8 Å².